The SMILES string of the molecule is NNC(=O)c1cnc(-c2ccccc2)nc1N1CCCC1. The van der Waals surface area contributed by atoms with Gasteiger partial charge in [0.2, 0.25) is 0 Å². The minimum absolute atomic E-state index is 0.364. The number of hydrogen-bond acceptors (Lipinski definition) is 5. The number of hydrazine groups is 1. The summed E-state index contributed by atoms with van der Waals surface area (Å²) < 4.78 is 0. The summed E-state index contributed by atoms with van der Waals surface area (Å²) in [5.74, 6) is 6.16. The predicted molar refractivity (Wildman–Crippen MR) is 80.6 cm³/mol. The van der Waals surface area contributed by atoms with Gasteiger partial charge in [-0.3, -0.25) is 10.2 Å². The second kappa shape index (κ2) is 5.88. The van der Waals surface area contributed by atoms with Gasteiger partial charge in [0.05, 0.1) is 0 Å². The van der Waals surface area contributed by atoms with Crippen LogP contribution in [0.3, 0.4) is 0 Å². The number of carbonyl (C=O) groups excluding carboxylic acids is 1. The van der Waals surface area contributed by atoms with Crippen molar-refractivity contribution in [2.24, 2.45) is 5.84 Å². The molecule has 2 heterocycles. The monoisotopic (exact) mass is 283 g/mol. The Morgan fingerprint density at radius 1 is 1.19 bits per heavy atom. The number of amides is 1. The number of nitrogens with two attached hydrogens (primary N) is 1. The van der Waals surface area contributed by atoms with Crippen LogP contribution < -0.4 is 16.2 Å². The van der Waals surface area contributed by atoms with Crippen molar-refractivity contribution in [1.82, 2.24) is 15.4 Å². The number of rotatable bonds is 3. The fourth-order valence-corrected chi connectivity index (χ4v) is 2.51. The van der Waals surface area contributed by atoms with Crippen molar-refractivity contribution in [2.75, 3.05) is 18.0 Å². The van der Waals surface area contributed by atoms with E-state index in [4.69, 9.17) is 5.84 Å². The van der Waals surface area contributed by atoms with E-state index in [2.05, 4.69) is 20.3 Å². The Morgan fingerprint density at radius 3 is 2.57 bits per heavy atom. The number of aromatic nitrogens is 2. The summed E-state index contributed by atoms with van der Waals surface area (Å²) >= 11 is 0. The second-order valence-corrected chi connectivity index (χ2v) is 4.96. The summed E-state index contributed by atoms with van der Waals surface area (Å²) in [5, 5.41) is 0. The highest BCUT2D eigenvalue weighted by molar-refractivity contribution is 5.98. The van der Waals surface area contributed by atoms with Crippen LogP contribution in [-0.4, -0.2) is 29.0 Å². The summed E-state index contributed by atoms with van der Waals surface area (Å²) in [4.78, 5) is 22.9. The van der Waals surface area contributed by atoms with Gasteiger partial charge in [-0.1, -0.05) is 30.3 Å². The summed E-state index contributed by atoms with van der Waals surface area (Å²) in [5.41, 5.74) is 3.50. The molecule has 3 N–H and O–H groups in total. The summed E-state index contributed by atoms with van der Waals surface area (Å²) in [6, 6.07) is 9.72. The first-order chi connectivity index (χ1) is 10.3. The standard InChI is InChI=1S/C15H17N5O/c16-19-15(21)12-10-17-13(11-6-2-1-3-7-11)18-14(12)20-8-4-5-9-20/h1-3,6-7,10H,4-5,8-9,16H2,(H,19,21). The lowest BCUT2D eigenvalue weighted by Gasteiger charge is -2.19. The zero-order valence-electron chi connectivity index (χ0n) is 11.6. The summed E-state index contributed by atoms with van der Waals surface area (Å²) in [6.07, 6.45) is 3.76. The molecule has 0 saturated carbocycles. The number of benzene rings is 1. The highest BCUT2D eigenvalue weighted by Crippen LogP contribution is 2.25. The average Bonchev–Trinajstić information content (AvgIpc) is 3.09. The van der Waals surface area contributed by atoms with E-state index >= 15 is 0 Å². The summed E-state index contributed by atoms with van der Waals surface area (Å²) in [6.45, 7) is 1.80. The molecule has 0 atom stereocenters. The molecule has 21 heavy (non-hydrogen) atoms. The van der Waals surface area contributed by atoms with Crippen molar-refractivity contribution in [3.63, 3.8) is 0 Å². The first-order valence-corrected chi connectivity index (χ1v) is 6.98. The Balaban J connectivity index is 2.05. The van der Waals surface area contributed by atoms with Crippen LogP contribution in [0.2, 0.25) is 0 Å². The maximum atomic E-state index is 11.9. The van der Waals surface area contributed by atoms with E-state index in [1.165, 1.54) is 0 Å². The van der Waals surface area contributed by atoms with Crippen LogP contribution in [0.15, 0.2) is 36.5 Å². The molecule has 6 heteroatoms. The lowest BCUT2D eigenvalue weighted by atomic mass is 10.2. The van der Waals surface area contributed by atoms with Crippen LogP contribution in [-0.2, 0) is 0 Å². The van der Waals surface area contributed by atoms with E-state index in [0.29, 0.717) is 17.2 Å². The van der Waals surface area contributed by atoms with Crippen molar-refractivity contribution < 1.29 is 4.79 Å². The molecular weight excluding hydrogens is 266 g/mol. The van der Waals surface area contributed by atoms with E-state index in [1.54, 1.807) is 6.20 Å². The molecule has 1 aromatic carbocycles. The van der Waals surface area contributed by atoms with Gasteiger partial charge < -0.3 is 4.90 Å². The average molecular weight is 283 g/mol. The molecule has 0 spiro atoms. The number of nitrogens with one attached hydrogen (secondary N) is 1. The van der Waals surface area contributed by atoms with Gasteiger partial charge in [-0.2, -0.15) is 0 Å². The molecule has 6 nitrogen and oxygen atoms in total. The Kier molecular flexibility index (Phi) is 3.79. The van der Waals surface area contributed by atoms with Gasteiger partial charge >= 0.3 is 0 Å². The number of hydrogen-bond donors (Lipinski definition) is 2. The minimum Gasteiger partial charge on any atom is -0.356 e. The molecule has 0 bridgehead atoms. The smallest absolute Gasteiger partial charge is 0.270 e. The quantitative estimate of drug-likeness (QED) is 0.504. The molecule has 0 radical (unpaired) electrons. The number of nitrogen functional groups attached to an aromatic ring is 1. The number of nitrogens with zero attached hydrogens (tertiary/aromatic N) is 3. The van der Waals surface area contributed by atoms with E-state index in [-0.39, 0.29) is 5.91 Å². The normalized spacial score (nSPS) is 14.2. The van der Waals surface area contributed by atoms with Crippen LogP contribution in [0.1, 0.15) is 23.2 Å². The lowest BCUT2D eigenvalue weighted by Crippen LogP contribution is -2.33. The fraction of sp³-hybridized carbons (Fsp3) is 0.267. The Labute approximate surface area is 123 Å². The van der Waals surface area contributed by atoms with E-state index in [9.17, 15) is 4.79 Å². The van der Waals surface area contributed by atoms with Crippen LogP contribution in [0.25, 0.3) is 11.4 Å². The predicted octanol–water partition coefficient (Wildman–Crippen LogP) is 1.35. The van der Waals surface area contributed by atoms with Gasteiger partial charge in [-0.15, -0.1) is 0 Å². The van der Waals surface area contributed by atoms with Crippen LogP contribution in [0.5, 0.6) is 0 Å². The molecule has 0 aliphatic carbocycles. The van der Waals surface area contributed by atoms with Crippen LogP contribution in [0, 0.1) is 0 Å². The molecule has 1 fully saturated rings. The van der Waals surface area contributed by atoms with Crippen molar-refractivity contribution in [3.05, 3.63) is 42.1 Å². The topological polar surface area (TPSA) is 84.1 Å². The third-order valence-electron chi connectivity index (χ3n) is 3.58. The molecule has 1 saturated heterocycles. The van der Waals surface area contributed by atoms with Crippen molar-refractivity contribution in [3.8, 4) is 11.4 Å². The number of carbonyl (C=O) groups is 1. The van der Waals surface area contributed by atoms with Crippen LogP contribution >= 0.6 is 0 Å². The Hall–Kier alpha value is -2.47. The first-order valence-electron chi connectivity index (χ1n) is 6.98. The molecule has 1 aliphatic heterocycles. The van der Waals surface area contributed by atoms with Gasteiger partial charge in [-0.05, 0) is 12.8 Å². The van der Waals surface area contributed by atoms with E-state index in [1.807, 2.05) is 30.3 Å². The van der Waals surface area contributed by atoms with Crippen LogP contribution in [0.4, 0.5) is 5.82 Å². The van der Waals surface area contributed by atoms with Crippen molar-refractivity contribution in [1.29, 1.82) is 0 Å². The molecule has 1 amide bonds. The molecule has 1 aromatic heterocycles. The maximum Gasteiger partial charge on any atom is 0.270 e. The number of anilines is 1. The largest absolute Gasteiger partial charge is 0.356 e. The maximum absolute atomic E-state index is 11.9. The molecular formula is C15H17N5O. The van der Waals surface area contributed by atoms with Gasteiger partial charge in [0.25, 0.3) is 5.91 Å². The van der Waals surface area contributed by atoms with Crippen molar-refractivity contribution >= 4 is 11.7 Å². The summed E-state index contributed by atoms with van der Waals surface area (Å²) in [7, 11) is 0. The van der Waals surface area contributed by atoms with Gasteiger partial charge in [0.1, 0.15) is 11.4 Å². The molecule has 0 unspecified atom stereocenters. The third kappa shape index (κ3) is 2.71. The highest BCUT2D eigenvalue weighted by Gasteiger charge is 2.22. The highest BCUT2D eigenvalue weighted by atomic mass is 16.2. The Morgan fingerprint density at radius 2 is 1.90 bits per heavy atom. The lowest BCUT2D eigenvalue weighted by molar-refractivity contribution is 0.0953. The minimum atomic E-state index is -0.364. The first kappa shape index (κ1) is 13.5. The van der Waals surface area contributed by atoms with E-state index in [0.717, 1.165) is 31.5 Å². The Bertz CT molecular complexity index is 638. The van der Waals surface area contributed by atoms with Gasteiger partial charge in [0.15, 0.2) is 5.82 Å². The zero-order valence-corrected chi connectivity index (χ0v) is 11.6. The second-order valence-electron chi connectivity index (χ2n) is 4.96. The third-order valence-corrected chi connectivity index (χ3v) is 3.58. The molecule has 3 rings (SSSR count). The van der Waals surface area contributed by atoms with Crippen molar-refractivity contribution in [2.45, 2.75) is 12.8 Å². The van der Waals surface area contributed by atoms with Gasteiger partial charge in [0, 0.05) is 24.8 Å². The molecule has 2 aromatic rings. The fourth-order valence-electron chi connectivity index (χ4n) is 2.51. The molecule has 108 valence electrons. The molecule has 1 aliphatic rings. The van der Waals surface area contributed by atoms with E-state index < -0.39 is 0 Å². The van der Waals surface area contributed by atoms with Gasteiger partial charge in [-0.25, -0.2) is 15.8 Å². The zero-order chi connectivity index (χ0) is 14.7.